The Hall–Kier alpha value is -1.83. The number of ether oxygens (including phenoxy) is 2. The first kappa shape index (κ1) is 15.2. The van der Waals surface area contributed by atoms with Gasteiger partial charge in [0.15, 0.2) is 5.75 Å². The lowest BCUT2D eigenvalue weighted by atomic mass is 10.1. The van der Waals surface area contributed by atoms with Crippen LogP contribution >= 0.6 is 0 Å². The van der Waals surface area contributed by atoms with Crippen molar-refractivity contribution in [1.29, 1.82) is 0 Å². The number of hydrogen-bond acceptors (Lipinski definition) is 5. The van der Waals surface area contributed by atoms with Crippen LogP contribution in [0.1, 0.15) is 28.5 Å². The molecule has 0 saturated carbocycles. The summed E-state index contributed by atoms with van der Waals surface area (Å²) in [6.45, 7) is 2.69. The Balaban J connectivity index is 3.29. The van der Waals surface area contributed by atoms with Crippen molar-refractivity contribution in [2.75, 3.05) is 6.61 Å². The molecule has 0 aliphatic carbocycles. The molecular weight excluding hydrogens is 265 g/mol. The quantitative estimate of drug-likeness (QED) is 0.852. The number of hydrogen-bond donors (Lipinski definition) is 1. The maximum Gasteiger partial charge on any atom is 0.573 e. The average Bonchev–Trinajstić information content (AvgIpc) is 2.30. The van der Waals surface area contributed by atoms with E-state index in [1.807, 2.05) is 0 Å². The maximum absolute atomic E-state index is 12.3. The summed E-state index contributed by atoms with van der Waals surface area (Å²) in [5, 5.41) is 0. The molecule has 0 aliphatic rings. The molecule has 1 aromatic heterocycles. The first-order chi connectivity index (χ1) is 8.80. The second-order valence-corrected chi connectivity index (χ2v) is 3.54. The lowest BCUT2D eigenvalue weighted by molar-refractivity contribution is -0.275. The van der Waals surface area contributed by atoms with E-state index in [0.717, 1.165) is 6.20 Å². The number of pyridine rings is 1. The van der Waals surface area contributed by atoms with Crippen LogP contribution in [-0.4, -0.2) is 23.9 Å². The maximum atomic E-state index is 12.3. The topological polar surface area (TPSA) is 74.4 Å². The largest absolute Gasteiger partial charge is 0.573 e. The van der Waals surface area contributed by atoms with Crippen molar-refractivity contribution in [1.82, 2.24) is 4.98 Å². The molecule has 5 nitrogen and oxygen atoms in total. The number of nitrogens with zero attached hydrogens (tertiary/aromatic N) is 1. The fourth-order valence-electron chi connectivity index (χ4n) is 1.48. The van der Waals surface area contributed by atoms with Crippen LogP contribution in [0, 0.1) is 6.92 Å². The Morgan fingerprint density at radius 2 is 2.11 bits per heavy atom. The van der Waals surface area contributed by atoms with Gasteiger partial charge in [0.1, 0.15) is 0 Å². The van der Waals surface area contributed by atoms with Gasteiger partial charge in [-0.1, -0.05) is 0 Å². The zero-order valence-corrected chi connectivity index (χ0v) is 10.4. The summed E-state index contributed by atoms with van der Waals surface area (Å²) in [5.41, 5.74) is 5.17. The summed E-state index contributed by atoms with van der Waals surface area (Å²) in [6.07, 6.45) is -3.76. The minimum Gasteiger partial charge on any atom is -0.462 e. The highest BCUT2D eigenvalue weighted by molar-refractivity contribution is 5.91. The van der Waals surface area contributed by atoms with Crippen molar-refractivity contribution < 1.29 is 27.4 Å². The molecule has 2 N–H and O–H groups in total. The molecule has 0 aliphatic heterocycles. The van der Waals surface area contributed by atoms with Crippen molar-refractivity contribution in [3.63, 3.8) is 0 Å². The molecule has 0 spiro atoms. The van der Waals surface area contributed by atoms with Crippen LogP contribution in [0.3, 0.4) is 0 Å². The van der Waals surface area contributed by atoms with E-state index < -0.39 is 18.1 Å². The fraction of sp³-hybridized carbons (Fsp3) is 0.455. The number of aromatic nitrogens is 1. The van der Waals surface area contributed by atoms with Gasteiger partial charge in [-0.05, 0) is 13.8 Å². The summed E-state index contributed by atoms with van der Waals surface area (Å²) in [7, 11) is 0. The number of halogens is 3. The Labute approximate surface area is 107 Å². The minimum atomic E-state index is -4.89. The Bertz CT molecular complexity index is 475. The smallest absolute Gasteiger partial charge is 0.462 e. The van der Waals surface area contributed by atoms with Gasteiger partial charge in [-0.3, -0.25) is 4.98 Å². The van der Waals surface area contributed by atoms with Gasteiger partial charge in [-0.2, -0.15) is 0 Å². The fourth-order valence-corrected chi connectivity index (χ4v) is 1.48. The normalized spacial score (nSPS) is 11.3. The van der Waals surface area contributed by atoms with Gasteiger partial charge >= 0.3 is 12.3 Å². The van der Waals surface area contributed by atoms with Crippen molar-refractivity contribution in [3.8, 4) is 5.75 Å². The van der Waals surface area contributed by atoms with Crippen LogP contribution in [0.2, 0.25) is 0 Å². The van der Waals surface area contributed by atoms with Crippen LogP contribution in [0.25, 0.3) is 0 Å². The standard InChI is InChI=1S/C11H13F3N2O3/c1-3-18-10(17)8-5-16-6(2)9(7(8)4-15)19-11(12,13)14/h5H,3-4,15H2,1-2H3. The average molecular weight is 278 g/mol. The second kappa shape index (κ2) is 5.87. The summed E-state index contributed by atoms with van der Waals surface area (Å²) in [6, 6.07) is 0. The molecule has 0 bridgehead atoms. The summed E-state index contributed by atoms with van der Waals surface area (Å²) >= 11 is 0. The second-order valence-electron chi connectivity index (χ2n) is 3.54. The SMILES string of the molecule is CCOC(=O)c1cnc(C)c(OC(F)(F)F)c1CN. The number of rotatable bonds is 4. The first-order valence-electron chi connectivity index (χ1n) is 5.41. The van der Waals surface area contributed by atoms with Gasteiger partial charge in [0.25, 0.3) is 0 Å². The molecule has 1 rings (SSSR count). The van der Waals surface area contributed by atoms with E-state index in [2.05, 4.69) is 9.72 Å². The lowest BCUT2D eigenvalue weighted by Gasteiger charge is -2.16. The zero-order valence-electron chi connectivity index (χ0n) is 10.4. The molecule has 106 valence electrons. The molecule has 0 amide bonds. The van der Waals surface area contributed by atoms with Gasteiger partial charge in [-0.25, -0.2) is 4.79 Å². The molecule has 0 saturated heterocycles. The van der Waals surface area contributed by atoms with Crippen LogP contribution < -0.4 is 10.5 Å². The van der Waals surface area contributed by atoms with Gasteiger partial charge in [0.2, 0.25) is 0 Å². The van der Waals surface area contributed by atoms with Gasteiger partial charge in [0.05, 0.1) is 17.9 Å². The number of esters is 1. The Morgan fingerprint density at radius 1 is 1.47 bits per heavy atom. The molecule has 19 heavy (non-hydrogen) atoms. The molecule has 0 atom stereocenters. The molecule has 0 aromatic carbocycles. The van der Waals surface area contributed by atoms with E-state index in [4.69, 9.17) is 10.5 Å². The lowest BCUT2D eigenvalue weighted by Crippen LogP contribution is -2.22. The number of carbonyl (C=O) groups excluding carboxylic acids is 1. The Morgan fingerprint density at radius 3 is 2.58 bits per heavy atom. The van der Waals surface area contributed by atoms with E-state index in [9.17, 15) is 18.0 Å². The first-order valence-corrected chi connectivity index (χ1v) is 5.41. The van der Waals surface area contributed by atoms with Crippen LogP contribution in [0.15, 0.2) is 6.20 Å². The predicted molar refractivity (Wildman–Crippen MR) is 59.5 cm³/mol. The highest BCUT2D eigenvalue weighted by Gasteiger charge is 2.34. The van der Waals surface area contributed by atoms with Crippen LogP contribution in [0.4, 0.5) is 13.2 Å². The van der Waals surface area contributed by atoms with Crippen molar-refractivity contribution >= 4 is 5.97 Å². The van der Waals surface area contributed by atoms with Gasteiger partial charge < -0.3 is 15.2 Å². The van der Waals surface area contributed by atoms with Crippen molar-refractivity contribution in [2.24, 2.45) is 5.73 Å². The molecule has 0 radical (unpaired) electrons. The third-order valence-corrected chi connectivity index (χ3v) is 2.23. The number of aryl methyl sites for hydroxylation is 1. The molecule has 0 unspecified atom stereocenters. The molecule has 1 aromatic rings. The third-order valence-electron chi connectivity index (χ3n) is 2.23. The number of nitrogens with two attached hydrogens (primary N) is 1. The van der Waals surface area contributed by atoms with E-state index in [-0.39, 0.29) is 30.0 Å². The van der Waals surface area contributed by atoms with Crippen molar-refractivity contribution in [2.45, 2.75) is 26.8 Å². The summed E-state index contributed by atoms with van der Waals surface area (Å²) in [5.74, 6) is -1.34. The molecular formula is C11H13F3N2O3. The van der Waals surface area contributed by atoms with E-state index in [0.29, 0.717) is 0 Å². The van der Waals surface area contributed by atoms with Crippen LogP contribution in [0.5, 0.6) is 5.75 Å². The highest BCUT2D eigenvalue weighted by Crippen LogP contribution is 2.30. The zero-order chi connectivity index (χ0) is 14.6. The number of alkyl halides is 3. The molecule has 0 fully saturated rings. The van der Waals surface area contributed by atoms with E-state index >= 15 is 0 Å². The van der Waals surface area contributed by atoms with E-state index in [1.165, 1.54) is 6.92 Å². The van der Waals surface area contributed by atoms with Crippen molar-refractivity contribution in [3.05, 3.63) is 23.0 Å². The van der Waals surface area contributed by atoms with E-state index in [1.54, 1.807) is 6.92 Å². The van der Waals surface area contributed by atoms with Gasteiger partial charge in [-0.15, -0.1) is 13.2 Å². The third kappa shape index (κ3) is 3.82. The molecule has 1 heterocycles. The van der Waals surface area contributed by atoms with Crippen LogP contribution in [-0.2, 0) is 11.3 Å². The molecule has 8 heteroatoms. The Kier molecular flexibility index (Phi) is 4.71. The van der Waals surface area contributed by atoms with Gasteiger partial charge in [0, 0.05) is 18.3 Å². The highest BCUT2D eigenvalue weighted by atomic mass is 19.4. The summed E-state index contributed by atoms with van der Waals surface area (Å²) < 4.78 is 45.5. The predicted octanol–water partition coefficient (Wildman–Crippen LogP) is 1.92. The minimum absolute atomic E-state index is 0.00850. The summed E-state index contributed by atoms with van der Waals surface area (Å²) in [4.78, 5) is 15.3. The number of carbonyl (C=O) groups is 1. The monoisotopic (exact) mass is 278 g/mol.